The molecule has 1 aliphatic heterocycles. The van der Waals surface area contributed by atoms with Crippen molar-refractivity contribution >= 4 is 11.8 Å². The fourth-order valence-corrected chi connectivity index (χ4v) is 2.70. The molecule has 1 atom stereocenters. The lowest BCUT2D eigenvalue weighted by molar-refractivity contribution is 0.281. The largest absolute Gasteiger partial charge is 0.392 e. The Morgan fingerprint density at radius 3 is 3.15 bits per heavy atom. The van der Waals surface area contributed by atoms with Gasteiger partial charge in [-0.3, -0.25) is 0 Å². The molecular formula is C10H13NOS. The van der Waals surface area contributed by atoms with Gasteiger partial charge in [-0.2, -0.15) is 0 Å². The van der Waals surface area contributed by atoms with E-state index < -0.39 is 0 Å². The second-order valence-corrected chi connectivity index (χ2v) is 4.41. The molecule has 3 heteroatoms. The summed E-state index contributed by atoms with van der Waals surface area (Å²) in [5, 5.41) is 8.98. The summed E-state index contributed by atoms with van der Waals surface area (Å²) in [6.45, 7) is 0.102. The van der Waals surface area contributed by atoms with Gasteiger partial charge in [0.25, 0.3) is 0 Å². The third-order valence-corrected chi connectivity index (χ3v) is 3.47. The van der Waals surface area contributed by atoms with E-state index in [1.54, 1.807) is 0 Å². The Balaban J connectivity index is 2.41. The molecule has 1 aromatic carbocycles. The van der Waals surface area contributed by atoms with Crippen LogP contribution >= 0.6 is 11.8 Å². The van der Waals surface area contributed by atoms with Crippen LogP contribution in [-0.4, -0.2) is 10.9 Å². The smallest absolute Gasteiger partial charge is 0.0681 e. The molecule has 0 saturated heterocycles. The SMILES string of the molecule is NC1CCSc2ccc(CO)cc21. The van der Waals surface area contributed by atoms with E-state index in [0.717, 1.165) is 17.7 Å². The number of aliphatic hydroxyl groups is 1. The minimum absolute atomic E-state index is 0.102. The van der Waals surface area contributed by atoms with Crippen molar-refractivity contribution in [3.63, 3.8) is 0 Å². The summed E-state index contributed by atoms with van der Waals surface area (Å²) >= 11 is 1.85. The standard InChI is InChI=1S/C10H13NOS/c11-9-3-4-13-10-2-1-7(6-12)5-8(9)10/h1-2,5,9,12H,3-4,6,11H2. The summed E-state index contributed by atoms with van der Waals surface area (Å²) in [5.41, 5.74) is 8.13. The molecule has 70 valence electrons. The fraction of sp³-hybridized carbons (Fsp3) is 0.400. The van der Waals surface area contributed by atoms with Crippen molar-refractivity contribution in [3.8, 4) is 0 Å². The van der Waals surface area contributed by atoms with Gasteiger partial charge in [0.2, 0.25) is 0 Å². The molecule has 0 fully saturated rings. The number of rotatable bonds is 1. The Morgan fingerprint density at radius 2 is 2.38 bits per heavy atom. The zero-order valence-corrected chi connectivity index (χ0v) is 8.18. The molecule has 1 aliphatic rings. The summed E-state index contributed by atoms with van der Waals surface area (Å²) in [5.74, 6) is 1.10. The number of hydrogen-bond donors (Lipinski definition) is 2. The zero-order chi connectivity index (χ0) is 9.26. The van der Waals surface area contributed by atoms with Gasteiger partial charge in [0, 0.05) is 10.9 Å². The first-order valence-electron chi connectivity index (χ1n) is 4.43. The minimum atomic E-state index is 0.102. The van der Waals surface area contributed by atoms with Gasteiger partial charge in [-0.15, -0.1) is 11.8 Å². The average Bonchev–Trinajstić information content (AvgIpc) is 2.18. The van der Waals surface area contributed by atoms with Crippen molar-refractivity contribution in [1.82, 2.24) is 0 Å². The van der Waals surface area contributed by atoms with Crippen molar-refractivity contribution in [2.24, 2.45) is 5.73 Å². The quantitative estimate of drug-likeness (QED) is 0.716. The van der Waals surface area contributed by atoms with Crippen molar-refractivity contribution in [2.45, 2.75) is 24.0 Å². The highest BCUT2D eigenvalue weighted by Gasteiger charge is 2.16. The lowest BCUT2D eigenvalue weighted by Crippen LogP contribution is -2.16. The van der Waals surface area contributed by atoms with Gasteiger partial charge < -0.3 is 10.8 Å². The van der Waals surface area contributed by atoms with Crippen LogP contribution in [0.1, 0.15) is 23.6 Å². The van der Waals surface area contributed by atoms with Crippen LogP contribution in [-0.2, 0) is 6.61 Å². The molecule has 0 bridgehead atoms. The summed E-state index contributed by atoms with van der Waals surface area (Å²) in [4.78, 5) is 1.27. The Bertz CT molecular complexity index is 314. The van der Waals surface area contributed by atoms with Gasteiger partial charge in [0.05, 0.1) is 6.61 Å². The number of benzene rings is 1. The summed E-state index contributed by atoms with van der Waals surface area (Å²) in [7, 11) is 0. The average molecular weight is 195 g/mol. The summed E-state index contributed by atoms with van der Waals surface area (Å²) in [6.07, 6.45) is 1.03. The number of aliphatic hydroxyl groups excluding tert-OH is 1. The molecule has 3 N–H and O–H groups in total. The molecule has 0 saturated carbocycles. The van der Waals surface area contributed by atoms with Crippen molar-refractivity contribution < 1.29 is 5.11 Å². The predicted octanol–water partition coefficient (Wildman–Crippen LogP) is 1.67. The van der Waals surface area contributed by atoms with Crippen LogP contribution in [0.5, 0.6) is 0 Å². The lowest BCUT2D eigenvalue weighted by Gasteiger charge is -2.21. The molecule has 0 spiro atoms. The number of hydrogen-bond acceptors (Lipinski definition) is 3. The molecule has 13 heavy (non-hydrogen) atoms. The molecule has 0 aliphatic carbocycles. The van der Waals surface area contributed by atoms with Crippen LogP contribution in [0.15, 0.2) is 23.1 Å². The normalized spacial score (nSPS) is 21.2. The van der Waals surface area contributed by atoms with Crippen LogP contribution in [0, 0.1) is 0 Å². The topological polar surface area (TPSA) is 46.2 Å². The molecular weight excluding hydrogens is 182 g/mol. The van der Waals surface area contributed by atoms with E-state index >= 15 is 0 Å². The van der Waals surface area contributed by atoms with E-state index in [0.29, 0.717) is 0 Å². The minimum Gasteiger partial charge on any atom is -0.392 e. The third kappa shape index (κ3) is 1.73. The first kappa shape index (κ1) is 9.06. The van der Waals surface area contributed by atoms with Gasteiger partial charge in [-0.05, 0) is 29.4 Å². The highest BCUT2D eigenvalue weighted by Crippen LogP contribution is 2.35. The maximum Gasteiger partial charge on any atom is 0.0681 e. The molecule has 1 unspecified atom stereocenters. The van der Waals surface area contributed by atoms with Gasteiger partial charge in [0.1, 0.15) is 0 Å². The van der Waals surface area contributed by atoms with Gasteiger partial charge in [-0.25, -0.2) is 0 Å². The van der Waals surface area contributed by atoms with E-state index in [9.17, 15) is 0 Å². The molecule has 1 heterocycles. The Hall–Kier alpha value is -0.510. The van der Waals surface area contributed by atoms with Gasteiger partial charge in [0.15, 0.2) is 0 Å². The Kier molecular flexibility index (Phi) is 2.58. The maximum absolute atomic E-state index is 8.98. The second-order valence-electron chi connectivity index (χ2n) is 3.27. The lowest BCUT2D eigenvalue weighted by atomic mass is 10.0. The van der Waals surface area contributed by atoms with Crippen molar-refractivity contribution in [3.05, 3.63) is 29.3 Å². The summed E-state index contributed by atoms with van der Waals surface area (Å²) in [6, 6.07) is 6.20. The highest BCUT2D eigenvalue weighted by atomic mass is 32.2. The molecule has 2 nitrogen and oxygen atoms in total. The van der Waals surface area contributed by atoms with E-state index in [2.05, 4.69) is 6.07 Å². The first-order chi connectivity index (χ1) is 6.31. The summed E-state index contributed by atoms with van der Waals surface area (Å²) < 4.78 is 0. The third-order valence-electron chi connectivity index (χ3n) is 2.34. The van der Waals surface area contributed by atoms with Crippen LogP contribution in [0.4, 0.5) is 0 Å². The Labute approximate surface area is 82.1 Å². The van der Waals surface area contributed by atoms with Crippen molar-refractivity contribution in [1.29, 1.82) is 0 Å². The molecule has 0 radical (unpaired) electrons. The van der Waals surface area contributed by atoms with E-state index in [1.807, 2.05) is 23.9 Å². The van der Waals surface area contributed by atoms with Crippen LogP contribution in [0.25, 0.3) is 0 Å². The fourth-order valence-electron chi connectivity index (χ4n) is 1.57. The van der Waals surface area contributed by atoms with E-state index in [1.165, 1.54) is 10.5 Å². The number of fused-ring (bicyclic) bond motifs is 1. The van der Waals surface area contributed by atoms with Crippen LogP contribution in [0.3, 0.4) is 0 Å². The van der Waals surface area contributed by atoms with E-state index in [4.69, 9.17) is 10.8 Å². The zero-order valence-electron chi connectivity index (χ0n) is 7.36. The highest BCUT2D eigenvalue weighted by molar-refractivity contribution is 7.99. The monoisotopic (exact) mass is 195 g/mol. The molecule has 0 amide bonds. The Morgan fingerprint density at radius 1 is 1.54 bits per heavy atom. The molecule has 0 aromatic heterocycles. The van der Waals surface area contributed by atoms with Crippen LogP contribution in [0.2, 0.25) is 0 Å². The maximum atomic E-state index is 8.98. The number of nitrogens with two attached hydrogens (primary N) is 1. The van der Waals surface area contributed by atoms with E-state index in [-0.39, 0.29) is 12.6 Å². The number of thioether (sulfide) groups is 1. The first-order valence-corrected chi connectivity index (χ1v) is 5.42. The van der Waals surface area contributed by atoms with Gasteiger partial charge in [-0.1, -0.05) is 12.1 Å². The van der Waals surface area contributed by atoms with Gasteiger partial charge >= 0.3 is 0 Å². The van der Waals surface area contributed by atoms with Crippen molar-refractivity contribution in [2.75, 3.05) is 5.75 Å². The van der Waals surface area contributed by atoms with Crippen LogP contribution < -0.4 is 5.73 Å². The molecule has 1 aromatic rings. The second kappa shape index (κ2) is 3.70. The molecule has 2 rings (SSSR count). The predicted molar refractivity (Wildman–Crippen MR) is 54.6 cm³/mol.